The second-order valence-electron chi connectivity index (χ2n) is 7.97. The molecule has 1 aliphatic rings. The van der Waals surface area contributed by atoms with Crippen molar-refractivity contribution in [1.29, 1.82) is 0 Å². The van der Waals surface area contributed by atoms with Gasteiger partial charge in [0.05, 0.1) is 48.8 Å². The molecule has 0 atom stereocenters. The van der Waals surface area contributed by atoms with Crippen molar-refractivity contribution in [2.24, 2.45) is 0 Å². The number of benzene rings is 2. The number of hydrogen-bond donors (Lipinski definition) is 1. The number of aryl methyl sites for hydroxylation is 1. The number of methoxy groups -OCH3 is 1. The summed E-state index contributed by atoms with van der Waals surface area (Å²) in [5, 5.41) is 3.05. The van der Waals surface area contributed by atoms with Crippen LogP contribution < -0.4 is 19.7 Å². The minimum Gasteiger partial charge on any atom is -0.494 e. The van der Waals surface area contributed by atoms with E-state index in [1.54, 1.807) is 18.5 Å². The van der Waals surface area contributed by atoms with Crippen molar-refractivity contribution in [2.75, 3.05) is 30.5 Å². The van der Waals surface area contributed by atoms with Gasteiger partial charge < -0.3 is 24.3 Å². The molecule has 0 fully saturated rings. The lowest BCUT2D eigenvalue weighted by molar-refractivity contribution is -0.137. The minimum absolute atomic E-state index is 0.0883. The van der Waals surface area contributed by atoms with Gasteiger partial charge in [0.2, 0.25) is 5.95 Å². The summed E-state index contributed by atoms with van der Waals surface area (Å²) >= 11 is 0. The van der Waals surface area contributed by atoms with E-state index in [0.717, 1.165) is 23.5 Å². The van der Waals surface area contributed by atoms with Crippen molar-refractivity contribution in [3.8, 4) is 17.2 Å². The Morgan fingerprint density at radius 1 is 1.08 bits per heavy atom. The van der Waals surface area contributed by atoms with Crippen LogP contribution in [-0.2, 0) is 6.18 Å². The summed E-state index contributed by atoms with van der Waals surface area (Å²) in [5.74, 6) is 0.0588. The van der Waals surface area contributed by atoms with Gasteiger partial charge in [-0.05, 0) is 37.3 Å². The van der Waals surface area contributed by atoms with Gasteiger partial charge in [-0.15, -0.1) is 0 Å². The molecule has 186 valence electrons. The number of anilines is 4. The zero-order valence-electron chi connectivity index (χ0n) is 19.2. The molecule has 1 aliphatic heterocycles. The second-order valence-corrected chi connectivity index (χ2v) is 7.97. The molecule has 0 amide bonds. The van der Waals surface area contributed by atoms with Crippen LogP contribution in [0.25, 0.3) is 5.69 Å². The molecule has 0 saturated carbocycles. The molecule has 0 aliphatic carbocycles. The van der Waals surface area contributed by atoms with Crippen LogP contribution in [0, 0.1) is 12.7 Å². The number of ether oxygens (including phenoxy) is 2. The van der Waals surface area contributed by atoms with Crippen molar-refractivity contribution in [3.63, 3.8) is 0 Å². The molecule has 4 aromatic rings. The maximum absolute atomic E-state index is 13.7. The summed E-state index contributed by atoms with van der Waals surface area (Å²) < 4.78 is 67.5. The summed E-state index contributed by atoms with van der Waals surface area (Å²) in [5.41, 5.74) is 0.889. The van der Waals surface area contributed by atoms with Crippen LogP contribution in [0.3, 0.4) is 0 Å². The largest absolute Gasteiger partial charge is 0.494 e. The molecule has 0 radical (unpaired) electrons. The molecule has 5 rings (SSSR count). The van der Waals surface area contributed by atoms with Gasteiger partial charge in [-0.1, -0.05) is 0 Å². The normalized spacial score (nSPS) is 13.2. The highest BCUT2D eigenvalue weighted by atomic mass is 19.4. The standard InChI is InChI=1S/C24H20F4N6O2/c1-14-12-33(13-30-14)19-6-4-16(10-20(19)35-2)31-23-29-11-21-22(32-23)34(7-8-36-21)18-5-3-15(25)9-17(18)24(26,27)28/h3-6,9-13H,7-8H2,1-2H3,(H,29,31,32). The molecule has 3 heterocycles. The van der Waals surface area contributed by atoms with E-state index < -0.39 is 17.6 Å². The molecule has 8 nitrogen and oxygen atoms in total. The van der Waals surface area contributed by atoms with E-state index in [4.69, 9.17) is 9.47 Å². The number of rotatable bonds is 5. The van der Waals surface area contributed by atoms with Crippen LogP contribution in [0.1, 0.15) is 11.3 Å². The predicted octanol–water partition coefficient (Wildman–Crippen LogP) is 5.41. The average molecular weight is 500 g/mol. The van der Waals surface area contributed by atoms with E-state index in [9.17, 15) is 17.6 Å². The Labute approximate surface area is 203 Å². The molecule has 0 bridgehead atoms. The molecule has 2 aromatic heterocycles. The van der Waals surface area contributed by atoms with E-state index in [1.807, 2.05) is 23.8 Å². The predicted molar refractivity (Wildman–Crippen MR) is 124 cm³/mol. The fraction of sp³-hybridized carbons (Fsp3) is 0.208. The van der Waals surface area contributed by atoms with Crippen molar-refractivity contribution in [1.82, 2.24) is 19.5 Å². The first kappa shape index (κ1) is 23.4. The van der Waals surface area contributed by atoms with Gasteiger partial charge in [0.15, 0.2) is 11.6 Å². The first-order chi connectivity index (χ1) is 17.2. The highest BCUT2D eigenvalue weighted by molar-refractivity contribution is 5.71. The summed E-state index contributed by atoms with van der Waals surface area (Å²) in [7, 11) is 1.54. The maximum Gasteiger partial charge on any atom is 0.418 e. The zero-order chi connectivity index (χ0) is 25.4. The monoisotopic (exact) mass is 500 g/mol. The smallest absolute Gasteiger partial charge is 0.418 e. The van der Waals surface area contributed by atoms with Crippen LogP contribution in [0.15, 0.2) is 55.1 Å². The zero-order valence-corrected chi connectivity index (χ0v) is 19.2. The van der Waals surface area contributed by atoms with Crippen LogP contribution >= 0.6 is 0 Å². The first-order valence-electron chi connectivity index (χ1n) is 10.8. The van der Waals surface area contributed by atoms with E-state index in [2.05, 4.69) is 20.3 Å². The number of nitrogens with zero attached hydrogens (tertiary/aromatic N) is 5. The summed E-state index contributed by atoms with van der Waals surface area (Å²) in [6.45, 7) is 2.08. The van der Waals surface area contributed by atoms with Crippen LogP contribution in [-0.4, -0.2) is 39.8 Å². The third-order valence-electron chi connectivity index (χ3n) is 5.54. The fourth-order valence-electron chi connectivity index (χ4n) is 3.93. The third-order valence-corrected chi connectivity index (χ3v) is 5.54. The number of alkyl halides is 3. The number of fused-ring (bicyclic) bond motifs is 1. The van der Waals surface area contributed by atoms with Crippen molar-refractivity contribution in [2.45, 2.75) is 13.1 Å². The summed E-state index contributed by atoms with van der Waals surface area (Å²) in [6, 6.07) is 7.89. The molecule has 0 unspecified atom stereocenters. The van der Waals surface area contributed by atoms with Crippen molar-refractivity contribution >= 4 is 23.1 Å². The van der Waals surface area contributed by atoms with E-state index in [0.29, 0.717) is 17.5 Å². The Kier molecular flexibility index (Phi) is 5.86. The SMILES string of the molecule is COc1cc(Nc2ncc3c(n2)N(c2ccc(F)cc2C(F)(F)F)CCO3)ccc1-n1cnc(C)c1. The van der Waals surface area contributed by atoms with Gasteiger partial charge >= 0.3 is 6.18 Å². The van der Waals surface area contributed by atoms with Gasteiger partial charge in [0, 0.05) is 18.0 Å². The van der Waals surface area contributed by atoms with E-state index in [-0.39, 0.29) is 36.4 Å². The van der Waals surface area contributed by atoms with Crippen LogP contribution in [0.2, 0.25) is 0 Å². The maximum atomic E-state index is 13.7. The van der Waals surface area contributed by atoms with Gasteiger partial charge in [0.1, 0.15) is 18.2 Å². The Hall–Kier alpha value is -4.35. The number of nitrogens with one attached hydrogen (secondary N) is 1. The molecule has 12 heteroatoms. The fourth-order valence-corrected chi connectivity index (χ4v) is 3.93. The second kappa shape index (κ2) is 9.02. The highest BCUT2D eigenvalue weighted by Crippen LogP contribution is 2.42. The first-order valence-corrected chi connectivity index (χ1v) is 10.8. The van der Waals surface area contributed by atoms with Crippen molar-refractivity contribution in [3.05, 3.63) is 72.2 Å². The van der Waals surface area contributed by atoms with Gasteiger partial charge in [-0.25, -0.2) is 14.4 Å². The molecule has 0 saturated heterocycles. The number of imidazole rings is 1. The Morgan fingerprint density at radius 3 is 2.61 bits per heavy atom. The van der Waals surface area contributed by atoms with Gasteiger partial charge in [-0.3, -0.25) is 0 Å². The van der Waals surface area contributed by atoms with Crippen LogP contribution in [0.5, 0.6) is 11.5 Å². The quantitative estimate of drug-likeness (QED) is 0.367. The number of hydrogen-bond acceptors (Lipinski definition) is 7. The van der Waals surface area contributed by atoms with E-state index >= 15 is 0 Å². The van der Waals surface area contributed by atoms with Gasteiger partial charge in [0.25, 0.3) is 0 Å². The molecule has 0 spiro atoms. The summed E-state index contributed by atoms with van der Waals surface area (Å²) in [6.07, 6.45) is 0.159. The highest BCUT2D eigenvalue weighted by Gasteiger charge is 2.37. The molecule has 1 N–H and O–H groups in total. The minimum atomic E-state index is -4.75. The molecular formula is C24H20F4N6O2. The topological polar surface area (TPSA) is 77.3 Å². The van der Waals surface area contributed by atoms with Crippen LogP contribution in [0.4, 0.5) is 40.7 Å². The number of halogens is 4. The molecule has 36 heavy (non-hydrogen) atoms. The van der Waals surface area contributed by atoms with Crippen molar-refractivity contribution < 1.29 is 27.0 Å². The number of aromatic nitrogens is 4. The Bertz CT molecular complexity index is 1420. The lowest BCUT2D eigenvalue weighted by Crippen LogP contribution is -2.31. The lowest BCUT2D eigenvalue weighted by atomic mass is 10.1. The molecule has 2 aromatic carbocycles. The van der Waals surface area contributed by atoms with E-state index in [1.165, 1.54) is 18.2 Å². The van der Waals surface area contributed by atoms with Gasteiger partial charge in [-0.2, -0.15) is 18.2 Å². The Balaban J connectivity index is 1.48. The summed E-state index contributed by atoms with van der Waals surface area (Å²) in [4.78, 5) is 14.2. The average Bonchev–Trinajstić information content (AvgIpc) is 3.29. The Morgan fingerprint density at radius 2 is 1.89 bits per heavy atom. The lowest BCUT2D eigenvalue weighted by Gasteiger charge is -2.31. The molecular weight excluding hydrogens is 480 g/mol. The third kappa shape index (κ3) is 4.49.